The second-order valence-electron chi connectivity index (χ2n) is 10.5. The van der Waals surface area contributed by atoms with E-state index in [1.807, 2.05) is 59.5 Å². The van der Waals surface area contributed by atoms with Crippen LogP contribution in [-0.4, -0.2) is 60.5 Å². The molecule has 8 heteroatoms. The topological polar surface area (TPSA) is 97.8 Å². The number of nitrogens with one attached hydrogen (secondary N) is 1. The highest BCUT2D eigenvalue weighted by Gasteiger charge is 2.50. The van der Waals surface area contributed by atoms with E-state index in [1.165, 1.54) is 7.11 Å². The number of rotatable bonds is 8. The number of pyridine rings is 1. The lowest BCUT2D eigenvalue weighted by Gasteiger charge is -2.42. The number of methoxy groups -OCH3 is 1. The Morgan fingerprint density at radius 2 is 1.76 bits per heavy atom. The van der Waals surface area contributed by atoms with Gasteiger partial charge in [0.25, 0.3) is 5.91 Å². The molecule has 2 amide bonds. The third kappa shape index (κ3) is 5.46. The van der Waals surface area contributed by atoms with Gasteiger partial charge < -0.3 is 19.7 Å². The molecule has 0 spiro atoms. The van der Waals surface area contributed by atoms with E-state index in [2.05, 4.69) is 16.9 Å². The highest BCUT2D eigenvalue weighted by Crippen LogP contribution is 2.48. The first-order valence-electron chi connectivity index (χ1n) is 14.0. The largest absolute Gasteiger partial charge is 0.480 e. The molecule has 1 aliphatic carbocycles. The molecule has 1 aromatic heterocycles. The zero-order valence-corrected chi connectivity index (χ0v) is 23.3. The molecule has 1 saturated heterocycles. The number of likely N-dealkylation sites (tertiary alicyclic amines) is 1. The number of nitrogens with zero attached hydrogens (tertiary/aromatic N) is 2. The molecule has 0 bridgehead atoms. The van der Waals surface area contributed by atoms with E-state index in [4.69, 9.17) is 9.47 Å². The Bertz CT molecular complexity index is 1420. The van der Waals surface area contributed by atoms with Gasteiger partial charge in [-0.2, -0.15) is 0 Å². The Kier molecular flexibility index (Phi) is 8.47. The number of esters is 1. The van der Waals surface area contributed by atoms with Gasteiger partial charge in [0.05, 0.1) is 13.0 Å². The highest BCUT2D eigenvalue weighted by atomic mass is 16.5. The number of hydrogen-bond donors (Lipinski definition) is 1. The van der Waals surface area contributed by atoms with Gasteiger partial charge in [-0.05, 0) is 54.5 Å². The van der Waals surface area contributed by atoms with E-state index >= 15 is 0 Å². The normalized spacial score (nSPS) is 20.4. The number of aromatic nitrogens is 1. The summed E-state index contributed by atoms with van der Waals surface area (Å²) >= 11 is 0. The lowest BCUT2D eigenvalue weighted by atomic mass is 9.63. The summed E-state index contributed by atoms with van der Waals surface area (Å²) in [5.74, 6) is -0.586. The summed E-state index contributed by atoms with van der Waals surface area (Å²) in [5, 5.41) is 3.07. The minimum absolute atomic E-state index is 0.0530. The van der Waals surface area contributed by atoms with Crippen LogP contribution in [0.5, 0.6) is 5.88 Å². The molecule has 5 rings (SSSR count). The Balaban J connectivity index is 1.33. The number of carbonyl (C=O) groups excluding carboxylic acids is 3. The molecule has 2 heterocycles. The Morgan fingerprint density at radius 1 is 1.02 bits per heavy atom. The van der Waals surface area contributed by atoms with Crippen molar-refractivity contribution in [3.8, 4) is 5.88 Å². The van der Waals surface area contributed by atoms with Crippen molar-refractivity contribution >= 4 is 17.8 Å². The zero-order chi connectivity index (χ0) is 28.8. The van der Waals surface area contributed by atoms with Crippen molar-refractivity contribution in [1.82, 2.24) is 15.2 Å². The number of fused-ring (bicyclic) bond motifs is 1. The van der Waals surface area contributed by atoms with E-state index in [-0.39, 0.29) is 42.2 Å². The van der Waals surface area contributed by atoms with Crippen molar-refractivity contribution in [2.45, 2.75) is 43.1 Å². The number of hydrogen-bond acceptors (Lipinski definition) is 6. The van der Waals surface area contributed by atoms with Crippen molar-refractivity contribution in [3.05, 3.63) is 108 Å². The lowest BCUT2D eigenvalue weighted by molar-refractivity contribution is -0.149. The summed E-state index contributed by atoms with van der Waals surface area (Å²) in [4.78, 5) is 46.4. The fourth-order valence-corrected chi connectivity index (χ4v) is 6.16. The molecule has 8 nitrogen and oxygen atoms in total. The molecule has 0 saturated carbocycles. The SMILES string of the molecule is C=CCOC(=O)C1(c2ccccc2)CC[C@@H](C(=O)N2CCC(NC(=O)c3cccnc3OC)CC2)c2ccccc21. The van der Waals surface area contributed by atoms with Gasteiger partial charge in [0.2, 0.25) is 11.8 Å². The standard InChI is InChI=1S/C33H35N3O5/c1-3-22-41-32(39)33(23-10-5-4-6-11-23)18-15-26(25-12-7-8-14-28(25)33)31(38)36-20-16-24(17-21-36)35-29(37)27-13-9-19-34-30(27)40-2/h3-14,19,24,26H,1,15-18,20-22H2,2H3,(H,35,37)/t26-,33?/m1/s1. The first-order valence-corrected chi connectivity index (χ1v) is 14.0. The summed E-state index contributed by atoms with van der Waals surface area (Å²) in [7, 11) is 1.49. The van der Waals surface area contributed by atoms with Gasteiger partial charge >= 0.3 is 5.97 Å². The van der Waals surface area contributed by atoms with E-state index in [1.54, 1.807) is 24.4 Å². The van der Waals surface area contributed by atoms with Crippen molar-refractivity contribution in [2.24, 2.45) is 0 Å². The summed E-state index contributed by atoms with van der Waals surface area (Å²) in [5.41, 5.74) is 1.93. The van der Waals surface area contributed by atoms with Crippen LogP contribution >= 0.6 is 0 Å². The Morgan fingerprint density at radius 3 is 2.49 bits per heavy atom. The molecule has 1 fully saturated rings. The van der Waals surface area contributed by atoms with E-state index in [9.17, 15) is 14.4 Å². The molecule has 0 radical (unpaired) electrons. The van der Waals surface area contributed by atoms with Crippen molar-refractivity contribution in [1.29, 1.82) is 0 Å². The van der Waals surface area contributed by atoms with Crippen molar-refractivity contribution in [3.63, 3.8) is 0 Å². The molecule has 1 N–H and O–H groups in total. The average Bonchev–Trinajstić information content (AvgIpc) is 3.03. The monoisotopic (exact) mass is 553 g/mol. The number of benzene rings is 2. The predicted octanol–water partition coefficient (Wildman–Crippen LogP) is 4.40. The fourth-order valence-electron chi connectivity index (χ4n) is 6.16. The smallest absolute Gasteiger partial charge is 0.321 e. The molecule has 1 aliphatic heterocycles. The summed E-state index contributed by atoms with van der Waals surface area (Å²) in [6.45, 7) is 4.89. The Labute approximate surface area is 240 Å². The number of carbonyl (C=O) groups is 3. The van der Waals surface area contributed by atoms with Gasteiger partial charge in [-0.3, -0.25) is 14.4 Å². The summed E-state index contributed by atoms with van der Waals surface area (Å²) < 4.78 is 10.9. The van der Waals surface area contributed by atoms with Crippen LogP contribution in [0.4, 0.5) is 0 Å². The maximum atomic E-state index is 13.9. The van der Waals surface area contributed by atoms with Crippen molar-refractivity contribution < 1.29 is 23.9 Å². The molecule has 41 heavy (non-hydrogen) atoms. The first-order chi connectivity index (χ1) is 20.0. The van der Waals surface area contributed by atoms with Gasteiger partial charge in [0, 0.05) is 25.3 Å². The van der Waals surface area contributed by atoms with Gasteiger partial charge in [0.1, 0.15) is 17.6 Å². The molecular weight excluding hydrogens is 518 g/mol. The maximum absolute atomic E-state index is 13.9. The van der Waals surface area contributed by atoms with E-state index in [0.717, 1.165) is 16.7 Å². The summed E-state index contributed by atoms with van der Waals surface area (Å²) in [6, 6.07) is 20.7. The molecule has 212 valence electrons. The molecule has 1 unspecified atom stereocenters. The third-order valence-electron chi connectivity index (χ3n) is 8.20. The van der Waals surface area contributed by atoms with Gasteiger partial charge in [-0.25, -0.2) is 4.98 Å². The molecule has 2 atom stereocenters. The van der Waals surface area contributed by atoms with E-state index < -0.39 is 5.41 Å². The van der Waals surface area contributed by atoms with Crippen LogP contribution < -0.4 is 10.1 Å². The number of amides is 2. The predicted molar refractivity (Wildman–Crippen MR) is 155 cm³/mol. The van der Waals surface area contributed by atoms with Crippen LogP contribution in [0.3, 0.4) is 0 Å². The molecule has 2 aromatic carbocycles. The van der Waals surface area contributed by atoms with Gasteiger partial charge in [-0.1, -0.05) is 67.3 Å². The first kappa shape index (κ1) is 28.1. The van der Waals surface area contributed by atoms with E-state index in [0.29, 0.717) is 44.3 Å². The molecule has 3 aromatic rings. The minimum atomic E-state index is -0.998. The minimum Gasteiger partial charge on any atom is -0.480 e. The number of piperidine rings is 1. The summed E-state index contributed by atoms with van der Waals surface area (Å²) in [6.07, 6.45) is 5.42. The Hall–Kier alpha value is -4.46. The zero-order valence-electron chi connectivity index (χ0n) is 23.3. The number of ether oxygens (including phenoxy) is 2. The molecular formula is C33H35N3O5. The van der Waals surface area contributed by atoms with Crippen LogP contribution in [0, 0.1) is 0 Å². The lowest BCUT2D eigenvalue weighted by Crippen LogP contribution is -2.49. The van der Waals surface area contributed by atoms with Crippen LogP contribution in [0.15, 0.2) is 85.6 Å². The highest BCUT2D eigenvalue weighted by molar-refractivity contribution is 5.96. The van der Waals surface area contributed by atoms with Crippen LogP contribution in [0.1, 0.15) is 58.6 Å². The van der Waals surface area contributed by atoms with Crippen LogP contribution in [0.25, 0.3) is 0 Å². The van der Waals surface area contributed by atoms with Crippen LogP contribution in [-0.2, 0) is 19.7 Å². The van der Waals surface area contributed by atoms with Crippen molar-refractivity contribution in [2.75, 3.05) is 26.8 Å². The second kappa shape index (κ2) is 12.4. The fraction of sp³-hybridized carbons (Fsp3) is 0.333. The average molecular weight is 554 g/mol. The van der Waals surface area contributed by atoms with Gasteiger partial charge in [-0.15, -0.1) is 0 Å². The quantitative estimate of drug-likeness (QED) is 0.328. The second-order valence-corrected chi connectivity index (χ2v) is 10.5. The van der Waals surface area contributed by atoms with Gasteiger partial charge in [0.15, 0.2) is 0 Å². The van der Waals surface area contributed by atoms with Crippen LogP contribution in [0.2, 0.25) is 0 Å². The third-order valence-corrected chi connectivity index (χ3v) is 8.20. The molecule has 2 aliphatic rings. The maximum Gasteiger partial charge on any atom is 0.321 e.